The van der Waals surface area contributed by atoms with E-state index in [0.717, 1.165) is 42.0 Å². The average Bonchev–Trinajstić information content (AvgIpc) is 2.99. The Morgan fingerprint density at radius 2 is 1.65 bits per heavy atom. The third kappa shape index (κ3) is 5.84. The van der Waals surface area contributed by atoms with Crippen molar-refractivity contribution >= 4 is 39.8 Å². The van der Waals surface area contributed by atoms with Gasteiger partial charge in [-0.3, -0.25) is 4.99 Å². The Hall–Kier alpha value is -0.830. The van der Waals surface area contributed by atoms with E-state index in [1.165, 1.54) is 31.9 Å². The molecule has 1 aromatic carbocycles. The number of benzene rings is 1. The molecule has 26 heavy (non-hydrogen) atoms. The number of aliphatic imine (C=N–C) groups is 1. The van der Waals surface area contributed by atoms with E-state index >= 15 is 0 Å². The molecule has 1 saturated heterocycles. The number of hydrogen-bond donors (Lipinski definition) is 1. The lowest BCUT2D eigenvalue weighted by Crippen LogP contribution is -2.39. The molecular formula is C19H30IN3O2S. The van der Waals surface area contributed by atoms with Crippen molar-refractivity contribution in [1.29, 1.82) is 0 Å². The molecule has 1 aromatic rings. The second kappa shape index (κ2) is 9.39. The van der Waals surface area contributed by atoms with Crippen LogP contribution in [0.2, 0.25) is 0 Å². The number of nitrogens with one attached hydrogen (secondary N) is 1. The summed E-state index contributed by atoms with van der Waals surface area (Å²) in [6, 6.07) is 7.77. The van der Waals surface area contributed by atoms with E-state index in [4.69, 9.17) is 0 Å². The normalized spacial score (nSPS) is 23.3. The molecule has 7 heteroatoms. The molecular weight excluding hydrogens is 461 g/mol. The molecule has 0 bridgehead atoms. The van der Waals surface area contributed by atoms with Crippen molar-refractivity contribution in [2.45, 2.75) is 38.0 Å². The second-order valence-corrected chi connectivity index (χ2v) is 9.64. The highest BCUT2D eigenvalue weighted by Gasteiger charge is 2.35. The van der Waals surface area contributed by atoms with Crippen molar-refractivity contribution in [2.24, 2.45) is 16.8 Å². The molecule has 1 heterocycles. The smallest absolute Gasteiger partial charge is 0.193 e. The van der Waals surface area contributed by atoms with Crippen LogP contribution in [0, 0.1) is 11.8 Å². The molecule has 2 fully saturated rings. The minimum absolute atomic E-state index is 0. The zero-order valence-corrected chi connectivity index (χ0v) is 18.8. The molecule has 2 atom stereocenters. The first-order valence-electron chi connectivity index (χ1n) is 9.16. The summed E-state index contributed by atoms with van der Waals surface area (Å²) in [5.74, 6) is 2.75. The van der Waals surface area contributed by atoms with Gasteiger partial charge in [0.1, 0.15) is 0 Å². The summed E-state index contributed by atoms with van der Waals surface area (Å²) in [7, 11) is -1.14. The standard InChI is InChI=1S/C19H29N3O2S.HI/c1-20-19(22-12-17-5-3-4-6-18(17)13-22)21-11-15-7-9-16(10-8-15)14-25(2,23)24;/h7-10,17-18H,3-6,11-14H2,1-2H3,(H,20,21);1H. The van der Waals surface area contributed by atoms with E-state index in [0.29, 0.717) is 6.54 Å². The summed E-state index contributed by atoms with van der Waals surface area (Å²) in [6.45, 7) is 2.95. The number of halogens is 1. The zero-order valence-electron chi connectivity index (χ0n) is 15.6. The maximum Gasteiger partial charge on any atom is 0.193 e. The molecule has 1 saturated carbocycles. The molecule has 1 aliphatic heterocycles. The molecule has 1 aliphatic carbocycles. The molecule has 2 aliphatic rings. The van der Waals surface area contributed by atoms with Crippen LogP contribution in [0.3, 0.4) is 0 Å². The Labute approximate surface area is 174 Å². The molecule has 2 unspecified atom stereocenters. The minimum Gasteiger partial charge on any atom is -0.352 e. The van der Waals surface area contributed by atoms with E-state index in [2.05, 4.69) is 15.2 Å². The van der Waals surface area contributed by atoms with Crippen LogP contribution in [0.5, 0.6) is 0 Å². The number of nitrogens with zero attached hydrogens (tertiary/aromatic N) is 2. The van der Waals surface area contributed by atoms with Crippen LogP contribution in [-0.2, 0) is 22.1 Å². The predicted molar refractivity (Wildman–Crippen MR) is 118 cm³/mol. The zero-order chi connectivity index (χ0) is 17.9. The first-order chi connectivity index (χ1) is 11.9. The summed E-state index contributed by atoms with van der Waals surface area (Å²) in [6.07, 6.45) is 6.74. The number of guanidine groups is 1. The lowest BCUT2D eigenvalue weighted by atomic mass is 9.82. The van der Waals surface area contributed by atoms with E-state index in [1.54, 1.807) is 0 Å². The fraction of sp³-hybridized carbons (Fsp3) is 0.632. The van der Waals surface area contributed by atoms with E-state index in [-0.39, 0.29) is 29.7 Å². The molecule has 146 valence electrons. The third-order valence-corrected chi connectivity index (χ3v) is 6.25. The topological polar surface area (TPSA) is 61.8 Å². The summed E-state index contributed by atoms with van der Waals surface area (Å²) in [5, 5.41) is 3.46. The Kier molecular flexibility index (Phi) is 7.76. The van der Waals surface area contributed by atoms with Crippen LogP contribution in [0.1, 0.15) is 36.8 Å². The maximum atomic E-state index is 11.4. The van der Waals surface area contributed by atoms with E-state index in [1.807, 2.05) is 31.3 Å². The van der Waals surface area contributed by atoms with Gasteiger partial charge in [0.15, 0.2) is 15.8 Å². The fourth-order valence-electron chi connectivity index (χ4n) is 4.15. The van der Waals surface area contributed by atoms with Crippen LogP contribution in [0.25, 0.3) is 0 Å². The monoisotopic (exact) mass is 491 g/mol. The lowest BCUT2D eigenvalue weighted by molar-refractivity contribution is 0.299. The average molecular weight is 491 g/mol. The van der Waals surface area contributed by atoms with Gasteiger partial charge >= 0.3 is 0 Å². The summed E-state index contributed by atoms with van der Waals surface area (Å²) >= 11 is 0. The maximum absolute atomic E-state index is 11.4. The van der Waals surface area contributed by atoms with Gasteiger partial charge in [0.05, 0.1) is 5.75 Å². The van der Waals surface area contributed by atoms with Crippen molar-refractivity contribution in [3.05, 3.63) is 35.4 Å². The van der Waals surface area contributed by atoms with Crippen LogP contribution < -0.4 is 5.32 Å². The van der Waals surface area contributed by atoms with Crippen molar-refractivity contribution in [2.75, 3.05) is 26.4 Å². The molecule has 0 spiro atoms. The fourth-order valence-corrected chi connectivity index (χ4v) is 4.95. The summed E-state index contributed by atoms with van der Waals surface area (Å²) in [4.78, 5) is 6.86. The van der Waals surface area contributed by atoms with Crippen molar-refractivity contribution in [3.8, 4) is 0 Å². The number of rotatable bonds is 4. The molecule has 3 rings (SSSR count). The van der Waals surface area contributed by atoms with Gasteiger partial charge in [-0.05, 0) is 35.8 Å². The molecule has 0 amide bonds. The number of likely N-dealkylation sites (tertiary alicyclic amines) is 1. The van der Waals surface area contributed by atoms with Crippen LogP contribution in [0.4, 0.5) is 0 Å². The molecule has 5 nitrogen and oxygen atoms in total. The van der Waals surface area contributed by atoms with Gasteiger partial charge in [0.2, 0.25) is 0 Å². The van der Waals surface area contributed by atoms with E-state index in [9.17, 15) is 8.42 Å². The Bertz CT molecular complexity index is 705. The third-order valence-electron chi connectivity index (χ3n) is 5.39. The summed E-state index contributed by atoms with van der Waals surface area (Å²) < 4.78 is 22.7. The highest BCUT2D eigenvalue weighted by atomic mass is 127. The van der Waals surface area contributed by atoms with Gasteiger partial charge in [0.25, 0.3) is 0 Å². The SMILES string of the molecule is CN=C(NCc1ccc(CS(C)(=O)=O)cc1)N1CC2CCCCC2C1.I. The Morgan fingerprint density at radius 3 is 2.15 bits per heavy atom. The Morgan fingerprint density at radius 1 is 1.12 bits per heavy atom. The first kappa shape index (κ1) is 21.5. The quantitative estimate of drug-likeness (QED) is 0.400. The highest BCUT2D eigenvalue weighted by Crippen LogP contribution is 2.35. The molecule has 0 radical (unpaired) electrons. The summed E-state index contributed by atoms with van der Waals surface area (Å²) in [5.41, 5.74) is 1.97. The van der Waals surface area contributed by atoms with Gasteiger partial charge in [-0.15, -0.1) is 24.0 Å². The second-order valence-electron chi connectivity index (χ2n) is 7.50. The van der Waals surface area contributed by atoms with Crippen molar-refractivity contribution in [3.63, 3.8) is 0 Å². The van der Waals surface area contributed by atoms with Crippen LogP contribution in [0.15, 0.2) is 29.3 Å². The number of sulfone groups is 1. The van der Waals surface area contributed by atoms with Crippen molar-refractivity contribution in [1.82, 2.24) is 10.2 Å². The Balaban J connectivity index is 0.00000243. The predicted octanol–water partition coefficient (Wildman–Crippen LogP) is 3.05. The van der Waals surface area contributed by atoms with Gasteiger partial charge < -0.3 is 10.2 Å². The number of fused-ring (bicyclic) bond motifs is 1. The van der Waals surface area contributed by atoms with Crippen molar-refractivity contribution < 1.29 is 8.42 Å². The molecule has 1 N–H and O–H groups in total. The highest BCUT2D eigenvalue weighted by molar-refractivity contribution is 14.0. The van der Waals surface area contributed by atoms with Gasteiger partial charge in [0, 0.05) is 32.9 Å². The van der Waals surface area contributed by atoms with Gasteiger partial charge in [-0.25, -0.2) is 8.42 Å². The lowest BCUT2D eigenvalue weighted by Gasteiger charge is -2.22. The molecule has 0 aromatic heterocycles. The van der Waals surface area contributed by atoms with Crippen LogP contribution >= 0.6 is 24.0 Å². The largest absolute Gasteiger partial charge is 0.352 e. The number of hydrogen-bond acceptors (Lipinski definition) is 3. The first-order valence-corrected chi connectivity index (χ1v) is 11.2. The van der Waals surface area contributed by atoms with Crippen LogP contribution in [-0.4, -0.2) is 45.7 Å². The van der Waals surface area contributed by atoms with E-state index < -0.39 is 9.84 Å². The van der Waals surface area contributed by atoms with Gasteiger partial charge in [-0.1, -0.05) is 37.1 Å². The van der Waals surface area contributed by atoms with Gasteiger partial charge in [-0.2, -0.15) is 0 Å². The minimum atomic E-state index is -2.98.